The predicted octanol–water partition coefficient (Wildman–Crippen LogP) is 2.97. The van der Waals surface area contributed by atoms with Crippen LogP contribution in [0.3, 0.4) is 0 Å². The summed E-state index contributed by atoms with van der Waals surface area (Å²) < 4.78 is 0. The topological polar surface area (TPSA) is 69.6 Å². The second-order valence-corrected chi connectivity index (χ2v) is 6.49. The number of nitrogens with one attached hydrogen (secondary N) is 1. The molecule has 1 aliphatic rings. The van der Waals surface area contributed by atoms with Crippen molar-refractivity contribution in [2.24, 2.45) is 0 Å². The van der Waals surface area contributed by atoms with Crippen LogP contribution in [-0.4, -0.2) is 41.5 Å². The SMILES string of the molecule is O=C(O)C[C@H](NC(=O)CCN1CCCCCCC1)c1ccccc1. The van der Waals surface area contributed by atoms with Crippen molar-refractivity contribution in [1.82, 2.24) is 10.2 Å². The van der Waals surface area contributed by atoms with Crippen LogP contribution in [0, 0.1) is 0 Å². The number of carbonyl (C=O) groups excluding carboxylic acids is 1. The number of aliphatic carboxylic acids is 1. The zero-order valence-electron chi connectivity index (χ0n) is 14.2. The van der Waals surface area contributed by atoms with E-state index in [2.05, 4.69) is 10.2 Å². The molecule has 0 aromatic heterocycles. The van der Waals surface area contributed by atoms with Crippen molar-refractivity contribution in [3.63, 3.8) is 0 Å². The standard InChI is InChI=1S/C19H28N2O3/c22-18(11-14-21-12-7-2-1-3-8-13-21)20-17(15-19(23)24)16-9-5-4-6-10-16/h4-6,9-10,17H,1-3,7-8,11-15H2,(H,20,22)(H,23,24)/t17-/m0/s1. The van der Waals surface area contributed by atoms with E-state index in [0.29, 0.717) is 6.42 Å². The minimum Gasteiger partial charge on any atom is -0.481 e. The molecule has 5 heteroatoms. The molecule has 24 heavy (non-hydrogen) atoms. The van der Waals surface area contributed by atoms with E-state index in [1.807, 2.05) is 30.3 Å². The fraction of sp³-hybridized carbons (Fsp3) is 0.579. The van der Waals surface area contributed by atoms with E-state index in [9.17, 15) is 9.59 Å². The molecular weight excluding hydrogens is 304 g/mol. The van der Waals surface area contributed by atoms with Gasteiger partial charge in [0.05, 0.1) is 12.5 Å². The van der Waals surface area contributed by atoms with Crippen molar-refractivity contribution in [2.75, 3.05) is 19.6 Å². The van der Waals surface area contributed by atoms with E-state index in [1.165, 1.54) is 32.1 Å². The first-order valence-corrected chi connectivity index (χ1v) is 8.93. The molecule has 0 unspecified atom stereocenters. The molecule has 0 saturated carbocycles. The van der Waals surface area contributed by atoms with Crippen LogP contribution in [0.15, 0.2) is 30.3 Å². The van der Waals surface area contributed by atoms with Gasteiger partial charge < -0.3 is 15.3 Å². The van der Waals surface area contributed by atoms with Gasteiger partial charge in [-0.05, 0) is 31.5 Å². The third-order valence-electron chi connectivity index (χ3n) is 4.52. The van der Waals surface area contributed by atoms with Gasteiger partial charge in [-0.3, -0.25) is 9.59 Å². The molecule has 1 amide bonds. The molecule has 0 radical (unpaired) electrons. The number of hydrogen-bond donors (Lipinski definition) is 2. The summed E-state index contributed by atoms with van der Waals surface area (Å²) in [5.41, 5.74) is 0.833. The Morgan fingerprint density at radius 3 is 2.29 bits per heavy atom. The molecule has 132 valence electrons. The maximum Gasteiger partial charge on any atom is 0.305 e. The molecule has 0 spiro atoms. The Labute approximate surface area is 144 Å². The summed E-state index contributed by atoms with van der Waals surface area (Å²) in [6.45, 7) is 2.87. The maximum absolute atomic E-state index is 12.3. The second-order valence-electron chi connectivity index (χ2n) is 6.49. The summed E-state index contributed by atoms with van der Waals surface area (Å²) in [4.78, 5) is 25.7. The van der Waals surface area contributed by atoms with Crippen molar-refractivity contribution >= 4 is 11.9 Å². The lowest BCUT2D eigenvalue weighted by atomic mass is 10.0. The highest BCUT2D eigenvalue weighted by atomic mass is 16.4. The predicted molar refractivity (Wildman–Crippen MR) is 93.7 cm³/mol. The molecule has 1 atom stereocenters. The van der Waals surface area contributed by atoms with Crippen LogP contribution in [0.4, 0.5) is 0 Å². The van der Waals surface area contributed by atoms with E-state index >= 15 is 0 Å². The minimum atomic E-state index is -0.909. The number of likely N-dealkylation sites (tertiary alicyclic amines) is 1. The lowest BCUT2D eigenvalue weighted by molar-refractivity contribution is -0.137. The first-order chi connectivity index (χ1) is 11.6. The van der Waals surface area contributed by atoms with Gasteiger partial charge in [-0.25, -0.2) is 0 Å². The van der Waals surface area contributed by atoms with Gasteiger partial charge in [-0.1, -0.05) is 49.6 Å². The largest absolute Gasteiger partial charge is 0.481 e. The van der Waals surface area contributed by atoms with E-state index < -0.39 is 12.0 Å². The average Bonchev–Trinajstić information content (AvgIpc) is 2.53. The highest BCUT2D eigenvalue weighted by Gasteiger charge is 2.18. The van der Waals surface area contributed by atoms with Crippen LogP contribution in [0.5, 0.6) is 0 Å². The summed E-state index contributed by atoms with van der Waals surface area (Å²) >= 11 is 0. The number of rotatable bonds is 7. The average molecular weight is 332 g/mol. The molecule has 0 bridgehead atoms. The number of nitrogens with zero attached hydrogens (tertiary/aromatic N) is 1. The van der Waals surface area contributed by atoms with E-state index in [-0.39, 0.29) is 12.3 Å². The number of amides is 1. The number of carboxylic acid groups (broad SMARTS) is 1. The van der Waals surface area contributed by atoms with Crippen molar-refractivity contribution in [1.29, 1.82) is 0 Å². The molecule has 1 aliphatic heterocycles. The van der Waals surface area contributed by atoms with Gasteiger partial charge in [-0.2, -0.15) is 0 Å². The summed E-state index contributed by atoms with van der Waals surface area (Å²) in [5, 5.41) is 12.0. The van der Waals surface area contributed by atoms with Crippen LogP contribution in [-0.2, 0) is 9.59 Å². The van der Waals surface area contributed by atoms with E-state index in [0.717, 1.165) is 25.2 Å². The molecule has 1 saturated heterocycles. The molecule has 1 aromatic carbocycles. The van der Waals surface area contributed by atoms with Gasteiger partial charge in [0.1, 0.15) is 0 Å². The highest BCUT2D eigenvalue weighted by molar-refractivity contribution is 5.77. The van der Waals surface area contributed by atoms with Gasteiger partial charge in [0.25, 0.3) is 0 Å². The van der Waals surface area contributed by atoms with Gasteiger partial charge in [-0.15, -0.1) is 0 Å². The molecule has 1 aromatic rings. The minimum absolute atomic E-state index is 0.0767. The third kappa shape index (κ3) is 6.71. The first-order valence-electron chi connectivity index (χ1n) is 8.93. The van der Waals surface area contributed by atoms with Gasteiger partial charge in [0.2, 0.25) is 5.91 Å². The van der Waals surface area contributed by atoms with Crippen LogP contribution < -0.4 is 5.32 Å². The second kappa shape index (κ2) is 10.1. The summed E-state index contributed by atoms with van der Waals surface area (Å²) in [5.74, 6) is -0.986. The molecule has 0 aliphatic carbocycles. The maximum atomic E-state index is 12.3. The van der Waals surface area contributed by atoms with E-state index in [4.69, 9.17) is 5.11 Å². The smallest absolute Gasteiger partial charge is 0.305 e. The fourth-order valence-corrected chi connectivity index (χ4v) is 3.17. The molecule has 1 heterocycles. The van der Waals surface area contributed by atoms with Crippen LogP contribution in [0.2, 0.25) is 0 Å². The summed E-state index contributed by atoms with van der Waals surface area (Å²) in [7, 11) is 0. The Morgan fingerprint density at radius 1 is 1.04 bits per heavy atom. The number of carbonyl (C=O) groups is 2. The summed E-state index contributed by atoms with van der Waals surface area (Å²) in [6.07, 6.45) is 6.60. The van der Waals surface area contributed by atoms with Crippen molar-refractivity contribution in [3.05, 3.63) is 35.9 Å². The van der Waals surface area contributed by atoms with Crippen molar-refractivity contribution in [3.8, 4) is 0 Å². The highest BCUT2D eigenvalue weighted by Crippen LogP contribution is 2.17. The molecule has 1 fully saturated rings. The van der Waals surface area contributed by atoms with Crippen molar-refractivity contribution in [2.45, 2.75) is 51.0 Å². The van der Waals surface area contributed by atoms with Crippen LogP contribution in [0.25, 0.3) is 0 Å². The Balaban J connectivity index is 1.84. The van der Waals surface area contributed by atoms with Gasteiger partial charge in [0.15, 0.2) is 0 Å². The zero-order chi connectivity index (χ0) is 17.2. The fourth-order valence-electron chi connectivity index (χ4n) is 3.17. The van der Waals surface area contributed by atoms with Gasteiger partial charge in [0, 0.05) is 13.0 Å². The Hall–Kier alpha value is -1.88. The van der Waals surface area contributed by atoms with Gasteiger partial charge >= 0.3 is 5.97 Å². The van der Waals surface area contributed by atoms with Crippen LogP contribution >= 0.6 is 0 Å². The van der Waals surface area contributed by atoms with Crippen molar-refractivity contribution < 1.29 is 14.7 Å². The quantitative estimate of drug-likeness (QED) is 0.805. The first kappa shape index (κ1) is 18.5. The lowest BCUT2D eigenvalue weighted by Gasteiger charge is -2.24. The number of hydrogen-bond acceptors (Lipinski definition) is 3. The van der Waals surface area contributed by atoms with E-state index in [1.54, 1.807) is 0 Å². The normalized spacial score (nSPS) is 17.5. The lowest BCUT2D eigenvalue weighted by Crippen LogP contribution is -2.35. The third-order valence-corrected chi connectivity index (χ3v) is 4.52. The summed E-state index contributed by atoms with van der Waals surface area (Å²) in [6, 6.07) is 8.83. The Morgan fingerprint density at radius 2 is 1.67 bits per heavy atom. The zero-order valence-corrected chi connectivity index (χ0v) is 14.2. The molecule has 2 N–H and O–H groups in total. The monoisotopic (exact) mass is 332 g/mol. The molecule has 5 nitrogen and oxygen atoms in total. The Bertz CT molecular complexity index is 511. The molecule has 2 rings (SSSR count). The Kier molecular flexibility index (Phi) is 7.75. The molecular formula is C19H28N2O3. The number of benzene rings is 1. The number of carboxylic acids is 1. The van der Waals surface area contributed by atoms with Crippen LogP contribution in [0.1, 0.15) is 56.6 Å².